The summed E-state index contributed by atoms with van der Waals surface area (Å²) in [5, 5.41) is 6.94. The van der Waals surface area contributed by atoms with Crippen LogP contribution in [0.2, 0.25) is 5.02 Å². The quantitative estimate of drug-likeness (QED) is 0.549. The van der Waals surface area contributed by atoms with Gasteiger partial charge in [0.1, 0.15) is 5.75 Å². The number of methoxy groups -OCH3 is 1. The Hall–Kier alpha value is -2.90. The third-order valence-corrected chi connectivity index (χ3v) is 6.74. The number of amides is 1. The topological polar surface area (TPSA) is 71.4 Å². The first kappa shape index (κ1) is 24.2. The maximum Gasteiger partial charge on any atom is 0.309 e. The Balaban J connectivity index is 1.51. The fraction of sp³-hybridized carbons (Fsp3) is 0.423. The maximum atomic E-state index is 13.4. The number of nitrogens with zero attached hydrogens (tertiary/aromatic N) is 3. The smallest absolute Gasteiger partial charge is 0.309 e. The van der Waals surface area contributed by atoms with Gasteiger partial charge in [-0.2, -0.15) is 5.10 Å². The minimum atomic E-state index is -0.278. The minimum absolute atomic E-state index is 0.0857. The van der Waals surface area contributed by atoms with Crippen molar-refractivity contribution >= 4 is 29.2 Å². The Morgan fingerprint density at radius 3 is 2.59 bits per heavy atom. The summed E-state index contributed by atoms with van der Waals surface area (Å²) in [5.41, 5.74) is 2.61. The van der Waals surface area contributed by atoms with E-state index < -0.39 is 0 Å². The zero-order valence-electron chi connectivity index (χ0n) is 19.6. The predicted molar refractivity (Wildman–Crippen MR) is 131 cm³/mol. The van der Waals surface area contributed by atoms with E-state index in [4.69, 9.17) is 26.2 Å². The van der Waals surface area contributed by atoms with Gasteiger partial charge in [0.05, 0.1) is 37.9 Å². The fourth-order valence-corrected chi connectivity index (χ4v) is 4.82. The summed E-state index contributed by atoms with van der Waals surface area (Å²) in [4.78, 5) is 27.6. The number of esters is 1. The summed E-state index contributed by atoms with van der Waals surface area (Å²) in [6.45, 7) is 3.80. The molecule has 2 aromatic rings. The van der Waals surface area contributed by atoms with E-state index in [1.54, 1.807) is 12.1 Å². The highest BCUT2D eigenvalue weighted by atomic mass is 35.5. The summed E-state index contributed by atoms with van der Waals surface area (Å²) < 4.78 is 10.5. The van der Waals surface area contributed by atoms with E-state index in [1.807, 2.05) is 55.5 Å². The second-order valence-electron chi connectivity index (χ2n) is 8.56. The lowest BCUT2D eigenvalue weighted by Gasteiger charge is -2.32. The molecule has 2 aliphatic rings. The molecule has 2 aliphatic heterocycles. The van der Waals surface area contributed by atoms with Gasteiger partial charge in [0.2, 0.25) is 0 Å². The van der Waals surface area contributed by atoms with Crippen molar-refractivity contribution in [2.45, 2.75) is 32.2 Å². The minimum Gasteiger partial charge on any atom is -0.497 e. The molecule has 8 heteroatoms. The largest absolute Gasteiger partial charge is 0.497 e. The number of carbonyl (C=O) groups is 2. The summed E-state index contributed by atoms with van der Waals surface area (Å²) in [7, 11) is 1.63. The van der Waals surface area contributed by atoms with Crippen LogP contribution in [0.15, 0.2) is 53.6 Å². The lowest BCUT2D eigenvalue weighted by atomic mass is 9.97. The summed E-state index contributed by atoms with van der Waals surface area (Å²) in [5.74, 6) is 0.423. The highest BCUT2D eigenvalue weighted by Gasteiger charge is 2.35. The highest BCUT2D eigenvalue weighted by Crippen LogP contribution is 2.37. The van der Waals surface area contributed by atoms with Gasteiger partial charge < -0.3 is 9.47 Å². The molecular weight excluding hydrogens is 454 g/mol. The van der Waals surface area contributed by atoms with Crippen LogP contribution in [0, 0.1) is 5.92 Å². The average molecular weight is 484 g/mol. The number of hydrazone groups is 1. The van der Waals surface area contributed by atoms with Crippen LogP contribution in [0.4, 0.5) is 0 Å². The van der Waals surface area contributed by atoms with E-state index >= 15 is 0 Å². The van der Waals surface area contributed by atoms with Crippen molar-refractivity contribution in [2.75, 3.05) is 33.4 Å². The number of carbonyl (C=O) groups excluding carboxylic acids is 2. The first-order valence-corrected chi connectivity index (χ1v) is 12.0. The van der Waals surface area contributed by atoms with Gasteiger partial charge >= 0.3 is 5.97 Å². The van der Waals surface area contributed by atoms with Crippen LogP contribution in [0.5, 0.6) is 5.75 Å². The van der Waals surface area contributed by atoms with Crippen LogP contribution in [-0.4, -0.2) is 60.8 Å². The van der Waals surface area contributed by atoms with Gasteiger partial charge in [-0.15, -0.1) is 0 Å². The molecule has 7 nitrogen and oxygen atoms in total. The summed E-state index contributed by atoms with van der Waals surface area (Å²) >= 11 is 6.52. The van der Waals surface area contributed by atoms with Crippen LogP contribution in [0.25, 0.3) is 0 Å². The van der Waals surface area contributed by atoms with Crippen LogP contribution in [-0.2, 0) is 14.3 Å². The molecule has 0 bridgehead atoms. The zero-order valence-corrected chi connectivity index (χ0v) is 20.3. The number of piperidine rings is 1. The summed E-state index contributed by atoms with van der Waals surface area (Å²) in [6.07, 6.45) is 1.95. The van der Waals surface area contributed by atoms with Crippen molar-refractivity contribution in [2.24, 2.45) is 11.0 Å². The Labute approximate surface area is 205 Å². The third-order valence-electron chi connectivity index (χ3n) is 6.40. The van der Waals surface area contributed by atoms with Gasteiger partial charge in [0.25, 0.3) is 5.91 Å². The maximum absolute atomic E-state index is 13.4. The van der Waals surface area contributed by atoms with Gasteiger partial charge in [-0.3, -0.25) is 14.5 Å². The molecule has 0 aromatic heterocycles. The molecule has 1 unspecified atom stereocenters. The van der Waals surface area contributed by atoms with Crippen LogP contribution in [0.1, 0.15) is 43.4 Å². The molecule has 0 radical (unpaired) electrons. The molecule has 1 fully saturated rings. The van der Waals surface area contributed by atoms with E-state index in [1.165, 1.54) is 0 Å². The summed E-state index contributed by atoms with van der Waals surface area (Å²) in [6, 6.07) is 15.0. The first-order chi connectivity index (χ1) is 16.5. The van der Waals surface area contributed by atoms with E-state index in [2.05, 4.69) is 4.90 Å². The standard InChI is InChI=1S/C26H30ClN3O4/c1-3-34-26(32)18-11-13-29(14-12-18)17-25(31)30-24(21-9-4-5-10-22(21)27)16-23(28-30)19-7-6-8-20(15-19)33-2/h4-10,15,18,24H,3,11-14,16-17H2,1-2H3. The third kappa shape index (κ3) is 5.42. The second kappa shape index (κ2) is 11.0. The predicted octanol–water partition coefficient (Wildman–Crippen LogP) is 4.30. The molecule has 4 rings (SSSR count). The van der Waals surface area contributed by atoms with Gasteiger partial charge in [0, 0.05) is 17.0 Å². The van der Waals surface area contributed by atoms with Crippen LogP contribution in [0.3, 0.4) is 0 Å². The molecule has 0 saturated carbocycles. The normalized spacial score (nSPS) is 19.1. The van der Waals surface area contributed by atoms with Crippen molar-refractivity contribution < 1.29 is 19.1 Å². The molecule has 2 heterocycles. The molecule has 0 aliphatic carbocycles. The molecule has 1 saturated heterocycles. The number of ether oxygens (including phenoxy) is 2. The van der Waals surface area contributed by atoms with E-state index in [0.717, 1.165) is 22.6 Å². The SMILES string of the molecule is CCOC(=O)C1CCN(CC(=O)N2N=C(c3cccc(OC)c3)CC2c2ccccc2Cl)CC1. The van der Waals surface area contributed by atoms with Gasteiger partial charge in [0.15, 0.2) is 0 Å². The number of likely N-dealkylation sites (tertiary alicyclic amines) is 1. The molecule has 0 N–H and O–H groups in total. The molecule has 2 aromatic carbocycles. The molecule has 34 heavy (non-hydrogen) atoms. The Kier molecular flexibility index (Phi) is 7.85. The monoisotopic (exact) mass is 483 g/mol. The van der Waals surface area contributed by atoms with E-state index in [-0.39, 0.29) is 30.4 Å². The van der Waals surface area contributed by atoms with Crippen molar-refractivity contribution in [1.29, 1.82) is 0 Å². The van der Waals surface area contributed by atoms with Gasteiger partial charge in [-0.1, -0.05) is 41.9 Å². The Morgan fingerprint density at radius 1 is 1.12 bits per heavy atom. The average Bonchev–Trinajstić information content (AvgIpc) is 3.30. The van der Waals surface area contributed by atoms with Crippen molar-refractivity contribution in [3.8, 4) is 5.75 Å². The van der Waals surface area contributed by atoms with Crippen molar-refractivity contribution in [3.63, 3.8) is 0 Å². The van der Waals surface area contributed by atoms with Gasteiger partial charge in [-0.05, 0) is 56.6 Å². The second-order valence-corrected chi connectivity index (χ2v) is 8.97. The molecule has 1 amide bonds. The Bertz CT molecular complexity index is 1070. The van der Waals surface area contributed by atoms with Crippen molar-refractivity contribution in [3.05, 3.63) is 64.7 Å². The molecular formula is C26H30ClN3O4. The number of hydrogen-bond donors (Lipinski definition) is 0. The Morgan fingerprint density at radius 2 is 1.88 bits per heavy atom. The van der Waals surface area contributed by atoms with E-state index in [0.29, 0.717) is 44.0 Å². The van der Waals surface area contributed by atoms with Crippen LogP contribution >= 0.6 is 11.6 Å². The molecule has 1 atom stereocenters. The zero-order chi connectivity index (χ0) is 24.1. The highest BCUT2D eigenvalue weighted by molar-refractivity contribution is 6.31. The van der Waals surface area contributed by atoms with Crippen LogP contribution < -0.4 is 4.74 Å². The van der Waals surface area contributed by atoms with Gasteiger partial charge in [-0.25, -0.2) is 5.01 Å². The van der Waals surface area contributed by atoms with E-state index in [9.17, 15) is 9.59 Å². The molecule has 180 valence electrons. The number of hydrogen-bond acceptors (Lipinski definition) is 6. The number of rotatable bonds is 7. The number of benzene rings is 2. The first-order valence-electron chi connectivity index (χ1n) is 11.7. The van der Waals surface area contributed by atoms with Crippen molar-refractivity contribution in [1.82, 2.24) is 9.91 Å². The molecule has 0 spiro atoms. The lowest BCUT2D eigenvalue weighted by molar-refractivity contribution is -0.149. The lowest BCUT2D eigenvalue weighted by Crippen LogP contribution is -2.43. The number of halogens is 1. The fourth-order valence-electron chi connectivity index (χ4n) is 4.56.